The fourth-order valence-electron chi connectivity index (χ4n) is 0.741. The molecule has 0 bridgehead atoms. The van der Waals surface area contributed by atoms with Crippen molar-refractivity contribution < 1.29 is 14.0 Å². The number of carbonyl (C=O) groups is 1. The number of carbonyl (C=O) groups excluding carboxylic acids is 2. The predicted molar refractivity (Wildman–Crippen MR) is 51.7 cm³/mol. The van der Waals surface area contributed by atoms with E-state index in [0.29, 0.717) is 19.4 Å². The van der Waals surface area contributed by atoms with Crippen LogP contribution in [0.2, 0.25) is 19.6 Å². The Morgan fingerprint density at radius 1 is 1.46 bits per heavy atom. The molecule has 0 N–H and O–H groups in total. The third-order valence-corrected chi connectivity index (χ3v) is 1.98. The smallest absolute Gasteiger partial charge is 0.292 e. The number of nitrogens with zero attached hydrogens (tertiary/aromatic N) is 1. The third-order valence-electron chi connectivity index (χ3n) is 1.14. The van der Waals surface area contributed by atoms with Gasteiger partial charge in [-0.2, -0.15) is 0 Å². The summed E-state index contributed by atoms with van der Waals surface area (Å²) < 4.78 is 5.18. The summed E-state index contributed by atoms with van der Waals surface area (Å²) in [6, 6.07) is 0. The Morgan fingerprint density at radius 3 is 2.54 bits per heavy atom. The monoisotopic (exact) mass is 201 g/mol. The number of hydrogen-bond donors (Lipinski definition) is 0. The van der Waals surface area contributed by atoms with E-state index in [-0.39, 0.29) is 5.97 Å². The third kappa shape index (κ3) is 8.98. The van der Waals surface area contributed by atoms with Gasteiger partial charge in [0.05, 0.1) is 6.54 Å². The Labute approximate surface area is 79.1 Å². The van der Waals surface area contributed by atoms with Crippen molar-refractivity contribution in [1.29, 1.82) is 0 Å². The highest BCUT2D eigenvalue weighted by atomic mass is 28.4. The first-order chi connectivity index (χ1) is 5.95. The van der Waals surface area contributed by atoms with Crippen molar-refractivity contribution in [2.75, 3.05) is 6.54 Å². The van der Waals surface area contributed by atoms with E-state index in [0.717, 1.165) is 0 Å². The van der Waals surface area contributed by atoms with Crippen molar-refractivity contribution in [1.82, 2.24) is 0 Å². The Balaban J connectivity index is 3.58. The Kier molecular flexibility index (Phi) is 5.26. The molecule has 0 spiro atoms. The van der Waals surface area contributed by atoms with Crippen LogP contribution in [0.4, 0.5) is 0 Å². The maximum Gasteiger partial charge on any atom is 0.292 e. The zero-order valence-corrected chi connectivity index (χ0v) is 9.29. The lowest BCUT2D eigenvalue weighted by atomic mass is 10.3. The molecule has 0 aliphatic heterocycles. The average molecular weight is 201 g/mol. The molecule has 0 aliphatic rings. The molecule has 4 nitrogen and oxygen atoms in total. The van der Waals surface area contributed by atoms with Crippen LogP contribution in [0, 0.1) is 0 Å². The number of aliphatic imine (C=N–C) groups is 1. The van der Waals surface area contributed by atoms with Gasteiger partial charge in [0.1, 0.15) is 0 Å². The minimum Gasteiger partial charge on any atom is -0.520 e. The van der Waals surface area contributed by atoms with Crippen LogP contribution in [-0.4, -0.2) is 26.9 Å². The van der Waals surface area contributed by atoms with Gasteiger partial charge in [-0.05, 0) is 26.1 Å². The van der Waals surface area contributed by atoms with Gasteiger partial charge in [0.2, 0.25) is 14.4 Å². The molecule has 0 aromatic rings. The van der Waals surface area contributed by atoms with E-state index >= 15 is 0 Å². The summed E-state index contributed by atoms with van der Waals surface area (Å²) in [6.45, 7) is 6.21. The summed E-state index contributed by atoms with van der Waals surface area (Å²) in [4.78, 5) is 24.1. The van der Waals surface area contributed by atoms with Crippen LogP contribution in [0.15, 0.2) is 4.99 Å². The van der Waals surface area contributed by atoms with Gasteiger partial charge in [0, 0.05) is 6.42 Å². The zero-order valence-electron chi connectivity index (χ0n) is 8.29. The van der Waals surface area contributed by atoms with Gasteiger partial charge in [0.15, 0.2) is 0 Å². The van der Waals surface area contributed by atoms with Gasteiger partial charge in [-0.25, -0.2) is 9.79 Å². The summed E-state index contributed by atoms with van der Waals surface area (Å²) in [5, 5.41) is 0. The molecule has 0 amide bonds. The molecule has 0 aromatic heterocycles. The zero-order chi connectivity index (χ0) is 10.3. The quantitative estimate of drug-likeness (QED) is 0.293. The molecule has 0 saturated carbocycles. The van der Waals surface area contributed by atoms with Crippen molar-refractivity contribution in [2.45, 2.75) is 32.5 Å². The lowest BCUT2D eigenvalue weighted by Crippen LogP contribution is -2.29. The van der Waals surface area contributed by atoms with E-state index in [2.05, 4.69) is 4.99 Å². The van der Waals surface area contributed by atoms with E-state index in [9.17, 15) is 9.59 Å². The standard InChI is InChI=1S/C8H15NO3Si/c1-13(2,3)12-8(11)5-4-6-9-7-10/h4-6H2,1-3H3. The van der Waals surface area contributed by atoms with Gasteiger partial charge >= 0.3 is 0 Å². The summed E-state index contributed by atoms with van der Waals surface area (Å²) in [7, 11) is -1.75. The van der Waals surface area contributed by atoms with Crippen LogP contribution in [0.25, 0.3) is 0 Å². The molecule has 0 aromatic carbocycles. The average Bonchev–Trinajstić information content (AvgIpc) is 1.94. The Hall–Kier alpha value is -0.933. The molecule has 0 radical (unpaired) electrons. The van der Waals surface area contributed by atoms with Crippen molar-refractivity contribution in [2.24, 2.45) is 4.99 Å². The van der Waals surface area contributed by atoms with Gasteiger partial charge in [-0.15, -0.1) is 0 Å². The van der Waals surface area contributed by atoms with E-state index in [1.807, 2.05) is 19.6 Å². The largest absolute Gasteiger partial charge is 0.520 e. The SMILES string of the molecule is C[Si](C)(C)OC(=O)CCCN=C=O. The second-order valence-electron chi connectivity index (χ2n) is 3.66. The van der Waals surface area contributed by atoms with Crippen molar-refractivity contribution in [3.63, 3.8) is 0 Å². The molecule has 13 heavy (non-hydrogen) atoms. The van der Waals surface area contributed by atoms with E-state index in [4.69, 9.17) is 4.43 Å². The second-order valence-corrected chi connectivity index (χ2v) is 8.09. The fourth-order valence-corrected chi connectivity index (χ4v) is 1.53. The Bertz CT molecular complexity index is 216. The number of isocyanates is 1. The van der Waals surface area contributed by atoms with E-state index in [1.54, 1.807) is 0 Å². The first-order valence-electron chi connectivity index (χ1n) is 4.21. The highest BCUT2D eigenvalue weighted by molar-refractivity contribution is 6.71. The van der Waals surface area contributed by atoms with Gasteiger partial charge in [0.25, 0.3) is 5.97 Å². The van der Waals surface area contributed by atoms with Crippen molar-refractivity contribution in [3.05, 3.63) is 0 Å². The molecule has 0 unspecified atom stereocenters. The lowest BCUT2D eigenvalue weighted by Gasteiger charge is -2.16. The maximum absolute atomic E-state index is 11.1. The van der Waals surface area contributed by atoms with E-state index in [1.165, 1.54) is 6.08 Å². The topological polar surface area (TPSA) is 55.7 Å². The van der Waals surface area contributed by atoms with Gasteiger partial charge in [-0.1, -0.05) is 0 Å². The summed E-state index contributed by atoms with van der Waals surface area (Å²) >= 11 is 0. The van der Waals surface area contributed by atoms with Crippen LogP contribution in [0.3, 0.4) is 0 Å². The summed E-state index contributed by atoms with van der Waals surface area (Å²) in [5.41, 5.74) is 0. The second kappa shape index (κ2) is 5.67. The Morgan fingerprint density at radius 2 is 2.08 bits per heavy atom. The minimum absolute atomic E-state index is 0.194. The molecule has 0 atom stereocenters. The fraction of sp³-hybridized carbons (Fsp3) is 0.750. The van der Waals surface area contributed by atoms with Crippen LogP contribution in [0.5, 0.6) is 0 Å². The minimum atomic E-state index is -1.75. The molecular weight excluding hydrogens is 186 g/mol. The first kappa shape index (κ1) is 12.1. The number of hydrogen-bond acceptors (Lipinski definition) is 4. The molecule has 74 valence electrons. The normalized spacial score (nSPS) is 10.4. The summed E-state index contributed by atoms with van der Waals surface area (Å²) in [6.07, 6.45) is 2.30. The highest BCUT2D eigenvalue weighted by Gasteiger charge is 2.19. The van der Waals surface area contributed by atoms with Crippen molar-refractivity contribution >= 4 is 20.4 Å². The highest BCUT2D eigenvalue weighted by Crippen LogP contribution is 2.05. The van der Waals surface area contributed by atoms with Crippen LogP contribution >= 0.6 is 0 Å². The molecular formula is C8H15NO3Si. The molecule has 0 saturated heterocycles. The lowest BCUT2D eigenvalue weighted by molar-refractivity contribution is -0.135. The van der Waals surface area contributed by atoms with Crippen LogP contribution in [-0.2, 0) is 14.0 Å². The first-order valence-corrected chi connectivity index (χ1v) is 7.62. The summed E-state index contributed by atoms with van der Waals surface area (Å²) in [5.74, 6) is -0.194. The van der Waals surface area contributed by atoms with Gasteiger partial charge in [-0.3, -0.25) is 4.79 Å². The molecule has 0 aliphatic carbocycles. The predicted octanol–water partition coefficient (Wildman–Crippen LogP) is 1.48. The maximum atomic E-state index is 11.1. The van der Waals surface area contributed by atoms with Gasteiger partial charge < -0.3 is 4.43 Å². The van der Waals surface area contributed by atoms with Crippen LogP contribution in [0.1, 0.15) is 12.8 Å². The molecule has 0 fully saturated rings. The molecule has 0 rings (SSSR count). The molecule has 0 heterocycles. The number of rotatable bonds is 5. The van der Waals surface area contributed by atoms with Crippen molar-refractivity contribution in [3.8, 4) is 0 Å². The van der Waals surface area contributed by atoms with Crippen LogP contribution < -0.4 is 0 Å². The van der Waals surface area contributed by atoms with E-state index < -0.39 is 8.32 Å². The molecule has 5 heteroatoms.